The summed E-state index contributed by atoms with van der Waals surface area (Å²) in [5.41, 5.74) is 10.3. The molecule has 0 atom stereocenters. The number of pyridine rings is 2. The molecule has 0 aliphatic carbocycles. The van der Waals surface area contributed by atoms with Gasteiger partial charge in [0.05, 0.1) is 34.7 Å². The van der Waals surface area contributed by atoms with Gasteiger partial charge in [-0.15, -0.1) is 0 Å². The first-order chi connectivity index (χ1) is 23.1. The lowest BCUT2D eigenvalue weighted by atomic mass is 9.88. The maximum Gasteiger partial charge on any atom is 0.0992 e. The second-order valence-electron chi connectivity index (χ2n) is 11.3. The summed E-state index contributed by atoms with van der Waals surface area (Å²) in [7, 11) is 0. The van der Waals surface area contributed by atoms with Gasteiger partial charge in [0.2, 0.25) is 0 Å². The van der Waals surface area contributed by atoms with Crippen LogP contribution in [0.1, 0.15) is 23.6 Å². The zero-order chi connectivity index (χ0) is 32.2. The van der Waals surface area contributed by atoms with Crippen LogP contribution >= 0.6 is 0 Å². The zero-order valence-corrected chi connectivity index (χ0v) is 25.7. The number of allylic oxidation sites excluding steroid dienone is 3. The third-order valence-corrected chi connectivity index (χ3v) is 8.37. The van der Waals surface area contributed by atoms with Gasteiger partial charge in [0, 0.05) is 23.5 Å². The molecule has 47 heavy (non-hydrogen) atoms. The van der Waals surface area contributed by atoms with Gasteiger partial charge < -0.3 is 0 Å². The van der Waals surface area contributed by atoms with E-state index in [9.17, 15) is 10.5 Å². The highest BCUT2D eigenvalue weighted by Crippen LogP contribution is 2.39. The largest absolute Gasteiger partial charge is 0.256 e. The van der Waals surface area contributed by atoms with Crippen molar-refractivity contribution in [2.45, 2.75) is 6.92 Å². The summed E-state index contributed by atoms with van der Waals surface area (Å²) in [6.07, 6.45) is 11.7. The lowest BCUT2D eigenvalue weighted by molar-refractivity contribution is 1.31. The maximum absolute atomic E-state index is 9.33. The standard InChI is InChI=1S/C43H28N4/c1-2-3-4-7-35-24-36-25-40(32-12-16-34(17-13-32)43-23-30(28-45)19-21-47-43)37-8-5-6-9-38(37)41(36)26-39(35)31-10-14-33(15-11-31)42-22-29(27-44)18-20-46-42/h2-26H,1H3/b3-2-,7-4-. The fourth-order valence-electron chi connectivity index (χ4n) is 6.03. The summed E-state index contributed by atoms with van der Waals surface area (Å²) >= 11 is 0. The molecule has 220 valence electrons. The predicted octanol–water partition coefficient (Wildman–Crippen LogP) is 10.8. The Kier molecular flexibility index (Phi) is 7.91. The fourth-order valence-corrected chi connectivity index (χ4v) is 6.03. The van der Waals surface area contributed by atoms with Crippen LogP contribution in [0.3, 0.4) is 0 Å². The molecule has 5 aromatic carbocycles. The molecule has 2 aromatic heterocycles. The molecule has 0 fully saturated rings. The topological polar surface area (TPSA) is 73.4 Å². The highest BCUT2D eigenvalue weighted by atomic mass is 14.7. The number of rotatable bonds is 6. The molecule has 4 heteroatoms. The van der Waals surface area contributed by atoms with E-state index in [-0.39, 0.29) is 0 Å². The number of nitrogens with zero attached hydrogens (tertiary/aromatic N) is 4. The average Bonchev–Trinajstić information content (AvgIpc) is 3.14. The second kappa shape index (κ2) is 12.8. The van der Waals surface area contributed by atoms with Crippen LogP contribution in [0, 0.1) is 22.7 Å². The van der Waals surface area contributed by atoms with E-state index >= 15 is 0 Å². The van der Waals surface area contributed by atoms with Gasteiger partial charge in [0.25, 0.3) is 0 Å². The monoisotopic (exact) mass is 600 g/mol. The molecule has 0 unspecified atom stereocenters. The Hall–Kier alpha value is -6.62. The van der Waals surface area contributed by atoms with Crippen LogP contribution in [-0.2, 0) is 0 Å². The van der Waals surface area contributed by atoms with Crippen LogP contribution in [0.4, 0.5) is 0 Å². The molecule has 0 bridgehead atoms. The lowest BCUT2D eigenvalue weighted by Crippen LogP contribution is -1.90. The van der Waals surface area contributed by atoms with Crippen molar-refractivity contribution >= 4 is 27.6 Å². The number of benzene rings is 5. The van der Waals surface area contributed by atoms with E-state index in [1.807, 2.05) is 31.2 Å². The Bertz CT molecular complexity index is 2420. The Morgan fingerprint density at radius 1 is 0.532 bits per heavy atom. The van der Waals surface area contributed by atoms with Crippen molar-refractivity contribution in [1.29, 1.82) is 10.5 Å². The van der Waals surface area contributed by atoms with E-state index in [4.69, 9.17) is 0 Å². The van der Waals surface area contributed by atoms with E-state index in [1.54, 1.807) is 24.5 Å². The van der Waals surface area contributed by atoms with Crippen LogP contribution in [0.2, 0.25) is 0 Å². The molecule has 0 amide bonds. The molecule has 2 heterocycles. The average molecular weight is 601 g/mol. The molecule has 0 saturated carbocycles. The van der Waals surface area contributed by atoms with Crippen molar-refractivity contribution in [1.82, 2.24) is 9.97 Å². The van der Waals surface area contributed by atoms with E-state index < -0.39 is 0 Å². The zero-order valence-electron chi connectivity index (χ0n) is 25.7. The van der Waals surface area contributed by atoms with Crippen molar-refractivity contribution in [3.63, 3.8) is 0 Å². The quantitative estimate of drug-likeness (QED) is 0.141. The minimum atomic E-state index is 0.592. The van der Waals surface area contributed by atoms with Crippen LogP contribution < -0.4 is 0 Å². The molecule has 0 radical (unpaired) electrons. The van der Waals surface area contributed by atoms with Gasteiger partial charge >= 0.3 is 0 Å². The third kappa shape index (κ3) is 5.80. The molecular weight excluding hydrogens is 573 g/mol. The maximum atomic E-state index is 9.33. The summed E-state index contributed by atoms with van der Waals surface area (Å²) in [4.78, 5) is 8.95. The highest BCUT2D eigenvalue weighted by Gasteiger charge is 2.13. The van der Waals surface area contributed by atoms with Gasteiger partial charge in [-0.2, -0.15) is 10.5 Å². The highest BCUT2D eigenvalue weighted by molar-refractivity contribution is 6.15. The van der Waals surface area contributed by atoms with Crippen molar-refractivity contribution in [3.8, 4) is 56.9 Å². The first kappa shape index (κ1) is 29.1. The van der Waals surface area contributed by atoms with Gasteiger partial charge in [-0.05, 0) is 98.8 Å². The van der Waals surface area contributed by atoms with Crippen LogP contribution in [0.25, 0.3) is 72.4 Å². The Balaban J connectivity index is 1.35. The van der Waals surface area contributed by atoms with Gasteiger partial charge in [-0.1, -0.05) is 97.1 Å². The first-order valence-corrected chi connectivity index (χ1v) is 15.4. The van der Waals surface area contributed by atoms with Crippen LogP contribution in [-0.4, -0.2) is 9.97 Å². The summed E-state index contributed by atoms with van der Waals surface area (Å²) in [5.74, 6) is 0. The number of nitriles is 2. The molecule has 7 rings (SSSR count). The summed E-state index contributed by atoms with van der Waals surface area (Å²) < 4.78 is 0. The van der Waals surface area contributed by atoms with Crippen LogP contribution in [0.15, 0.2) is 146 Å². The minimum Gasteiger partial charge on any atom is -0.256 e. The van der Waals surface area contributed by atoms with E-state index in [0.717, 1.165) is 55.7 Å². The predicted molar refractivity (Wildman–Crippen MR) is 192 cm³/mol. The molecule has 7 aromatic rings. The molecule has 0 spiro atoms. The van der Waals surface area contributed by atoms with Crippen LogP contribution in [0.5, 0.6) is 0 Å². The van der Waals surface area contributed by atoms with Crippen molar-refractivity contribution in [2.75, 3.05) is 0 Å². The summed E-state index contributed by atoms with van der Waals surface area (Å²) in [5, 5.41) is 23.4. The van der Waals surface area contributed by atoms with Crippen molar-refractivity contribution < 1.29 is 0 Å². The molecule has 0 saturated heterocycles. The van der Waals surface area contributed by atoms with Gasteiger partial charge in [-0.25, -0.2) is 0 Å². The second-order valence-corrected chi connectivity index (χ2v) is 11.3. The van der Waals surface area contributed by atoms with Crippen molar-refractivity contribution in [2.24, 2.45) is 0 Å². The number of fused-ring (bicyclic) bond motifs is 3. The molecule has 0 aliphatic rings. The van der Waals surface area contributed by atoms with Crippen molar-refractivity contribution in [3.05, 3.63) is 163 Å². The van der Waals surface area contributed by atoms with E-state index in [2.05, 4.69) is 125 Å². The van der Waals surface area contributed by atoms with E-state index in [1.165, 1.54) is 16.2 Å². The fraction of sp³-hybridized carbons (Fsp3) is 0.0233. The molecule has 4 nitrogen and oxygen atoms in total. The lowest BCUT2D eigenvalue weighted by Gasteiger charge is -2.15. The number of aromatic nitrogens is 2. The first-order valence-electron chi connectivity index (χ1n) is 15.4. The molecule has 0 N–H and O–H groups in total. The van der Waals surface area contributed by atoms with Gasteiger partial charge in [0.1, 0.15) is 0 Å². The SMILES string of the molecule is C/C=C\C=C/c1cc2cc(-c3ccc(-c4cc(C#N)ccn4)cc3)c3ccccc3c2cc1-c1ccc(-c2cc(C#N)ccn2)cc1. The van der Waals surface area contributed by atoms with Gasteiger partial charge in [-0.3, -0.25) is 9.97 Å². The minimum absolute atomic E-state index is 0.592. The summed E-state index contributed by atoms with van der Waals surface area (Å²) in [6, 6.07) is 43.7. The summed E-state index contributed by atoms with van der Waals surface area (Å²) in [6.45, 7) is 2.01. The normalized spacial score (nSPS) is 11.3. The Morgan fingerprint density at radius 3 is 1.66 bits per heavy atom. The molecular formula is C43H28N4. The van der Waals surface area contributed by atoms with E-state index in [0.29, 0.717) is 11.1 Å². The van der Waals surface area contributed by atoms with Gasteiger partial charge in [0.15, 0.2) is 0 Å². The Labute approximate surface area is 273 Å². The Morgan fingerprint density at radius 2 is 1.09 bits per heavy atom. The third-order valence-electron chi connectivity index (χ3n) is 8.37. The number of hydrogen-bond donors (Lipinski definition) is 0. The number of hydrogen-bond acceptors (Lipinski definition) is 4. The molecule has 0 aliphatic heterocycles. The smallest absolute Gasteiger partial charge is 0.0992 e.